The monoisotopic (exact) mass is 496 g/mol. The lowest BCUT2D eigenvalue weighted by molar-refractivity contribution is -0.142. The molecular formula is C29H28N4O4. The summed E-state index contributed by atoms with van der Waals surface area (Å²) in [4.78, 5) is 58.7. The standard InChI is InChI=1S/C29H28N4O4/c1-30-26(34)25(21-12-6-3-7-13-21)32-17-16-31(18-20-10-4-2-5-11-20)19-24(29(32)37)33-27(35)22-14-8-9-15-23(22)28(33)36/h2-15,24-25H,16-19H2,1H3,(H,30,34)/t24-,25?/m0/s1. The van der Waals surface area contributed by atoms with Crippen LogP contribution in [0.2, 0.25) is 0 Å². The molecule has 1 N–H and O–H groups in total. The van der Waals surface area contributed by atoms with Crippen molar-refractivity contribution >= 4 is 23.6 Å². The van der Waals surface area contributed by atoms with Gasteiger partial charge in [0.25, 0.3) is 11.8 Å². The summed E-state index contributed by atoms with van der Waals surface area (Å²) < 4.78 is 0. The Hall–Kier alpha value is -4.30. The zero-order chi connectivity index (χ0) is 25.9. The van der Waals surface area contributed by atoms with Gasteiger partial charge in [-0.3, -0.25) is 29.0 Å². The Kier molecular flexibility index (Phi) is 6.83. The summed E-state index contributed by atoms with van der Waals surface area (Å²) in [6.45, 7) is 1.45. The second-order valence-corrected chi connectivity index (χ2v) is 9.22. The predicted molar refractivity (Wildman–Crippen MR) is 137 cm³/mol. The molecule has 0 bridgehead atoms. The van der Waals surface area contributed by atoms with Gasteiger partial charge in [0.15, 0.2) is 0 Å². The van der Waals surface area contributed by atoms with Crippen LogP contribution in [0.3, 0.4) is 0 Å². The number of hydrogen-bond donors (Lipinski definition) is 1. The van der Waals surface area contributed by atoms with Gasteiger partial charge < -0.3 is 10.2 Å². The fraction of sp³-hybridized carbons (Fsp3) is 0.241. The second kappa shape index (κ2) is 10.4. The molecule has 8 heteroatoms. The summed E-state index contributed by atoms with van der Waals surface area (Å²) in [6.07, 6.45) is 0. The third kappa shape index (κ3) is 4.63. The van der Waals surface area contributed by atoms with Crippen LogP contribution >= 0.6 is 0 Å². The fourth-order valence-corrected chi connectivity index (χ4v) is 5.13. The molecule has 2 atom stereocenters. The van der Waals surface area contributed by atoms with Crippen LogP contribution in [0, 0.1) is 0 Å². The van der Waals surface area contributed by atoms with Gasteiger partial charge in [-0.25, -0.2) is 0 Å². The average Bonchev–Trinajstić information content (AvgIpc) is 3.08. The maximum Gasteiger partial charge on any atom is 0.262 e. The lowest BCUT2D eigenvalue weighted by Gasteiger charge is -2.33. The van der Waals surface area contributed by atoms with E-state index in [1.165, 1.54) is 11.9 Å². The van der Waals surface area contributed by atoms with Gasteiger partial charge in [-0.05, 0) is 23.3 Å². The number of benzene rings is 3. The van der Waals surface area contributed by atoms with Crippen molar-refractivity contribution in [2.75, 3.05) is 26.7 Å². The van der Waals surface area contributed by atoms with Gasteiger partial charge in [-0.15, -0.1) is 0 Å². The Balaban J connectivity index is 1.55. The van der Waals surface area contributed by atoms with Crippen molar-refractivity contribution in [1.29, 1.82) is 0 Å². The Bertz CT molecular complexity index is 1290. The Labute approximate surface area is 215 Å². The number of fused-ring (bicyclic) bond motifs is 1. The van der Waals surface area contributed by atoms with Crippen molar-refractivity contribution in [3.63, 3.8) is 0 Å². The molecule has 0 saturated carbocycles. The average molecular weight is 497 g/mol. The lowest BCUT2D eigenvalue weighted by Crippen LogP contribution is -2.54. The van der Waals surface area contributed by atoms with E-state index >= 15 is 0 Å². The number of nitrogens with one attached hydrogen (secondary N) is 1. The van der Waals surface area contributed by atoms with E-state index < -0.39 is 29.8 Å². The minimum absolute atomic E-state index is 0.172. The van der Waals surface area contributed by atoms with Crippen LogP contribution < -0.4 is 5.32 Å². The van der Waals surface area contributed by atoms with E-state index in [9.17, 15) is 19.2 Å². The van der Waals surface area contributed by atoms with Gasteiger partial charge in [0.2, 0.25) is 11.8 Å². The highest BCUT2D eigenvalue weighted by Crippen LogP contribution is 2.30. The number of hydrogen-bond acceptors (Lipinski definition) is 5. The highest BCUT2D eigenvalue weighted by Gasteiger charge is 2.47. The quantitative estimate of drug-likeness (QED) is 0.530. The molecule has 1 fully saturated rings. The highest BCUT2D eigenvalue weighted by molar-refractivity contribution is 6.23. The predicted octanol–water partition coefficient (Wildman–Crippen LogP) is 2.48. The molecule has 37 heavy (non-hydrogen) atoms. The Morgan fingerprint density at radius 1 is 0.838 bits per heavy atom. The normalized spacial score (nSPS) is 18.9. The van der Waals surface area contributed by atoms with Gasteiger partial charge >= 0.3 is 0 Å². The van der Waals surface area contributed by atoms with Crippen LogP contribution in [0.5, 0.6) is 0 Å². The van der Waals surface area contributed by atoms with E-state index in [4.69, 9.17) is 0 Å². The number of likely N-dealkylation sites (N-methyl/N-ethyl adjacent to an activating group) is 1. The molecule has 2 aliphatic rings. The Morgan fingerprint density at radius 2 is 1.41 bits per heavy atom. The minimum Gasteiger partial charge on any atom is -0.357 e. The van der Waals surface area contributed by atoms with Crippen molar-refractivity contribution in [2.45, 2.75) is 18.6 Å². The molecule has 2 heterocycles. The van der Waals surface area contributed by atoms with Gasteiger partial charge in [-0.2, -0.15) is 0 Å². The number of amides is 4. The molecule has 3 aromatic rings. The molecule has 4 amide bonds. The summed E-state index contributed by atoms with van der Waals surface area (Å²) in [5.74, 6) is -1.74. The summed E-state index contributed by atoms with van der Waals surface area (Å²) in [5.41, 5.74) is 2.29. The molecule has 0 radical (unpaired) electrons. The van der Waals surface area contributed by atoms with Crippen molar-refractivity contribution in [3.8, 4) is 0 Å². The molecule has 188 valence electrons. The van der Waals surface area contributed by atoms with Crippen LogP contribution in [0.25, 0.3) is 0 Å². The SMILES string of the molecule is CNC(=O)C(c1ccccc1)N1CCN(Cc2ccccc2)C[C@H](N2C(=O)c3ccccc3C2=O)C1=O. The first kappa shape index (κ1) is 24.4. The molecule has 5 rings (SSSR count). The van der Waals surface area contributed by atoms with Crippen molar-refractivity contribution < 1.29 is 19.2 Å². The topological polar surface area (TPSA) is 90.0 Å². The van der Waals surface area contributed by atoms with E-state index in [1.54, 1.807) is 36.4 Å². The zero-order valence-corrected chi connectivity index (χ0v) is 20.5. The third-order valence-corrected chi connectivity index (χ3v) is 6.96. The molecule has 0 aliphatic carbocycles. The summed E-state index contributed by atoms with van der Waals surface area (Å²) in [6, 6.07) is 23.6. The fourth-order valence-electron chi connectivity index (χ4n) is 5.13. The van der Waals surface area contributed by atoms with Gasteiger partial charge in [0.1, 0.15) is 12.1 Å². The van der Waals surface area contributed by atoms with Crippen LogP contribution in [-0.2, 0) is 16.1 Å². The lowest BCUT2D eigenvalue weighted by atomic mass is 10.0. The molecule has 8 nitrogen and oxygen atoms in total. The van der Waals surface area contributed by atoms with Gasteiger partial charge in [0, 0.05) is 33.2 Å². The van der Waals surface area contributed by atoms with E-state index in [-0.39, 0.29) is 30.1 Å². The first-order valence-corrected chi connectivity index (χ1v) is 12.3. The van der Waals surface area contributed by atoms with E-state index in [0.717, 1.165) is 10.5 Å². The van der Waals surface area contributed by atoms with Crippen LogP contribution in [0.1, 0.15) is 37.9 Å². The van der Waals surface area contributed by atoms with Gasteiger partial charge in [-0.1, -0.05) is 72.8 Å². The Morgan fingerprint density at radius 3 is 2.00 bits per heavy atom. The van der Waals surface area contributed by atoms with Crippen LogP contribution in [-0.4, -0.2) is 71.1 Å². The zero-order valence-electron chi connectivity index (χ0n) is 20.5. The number of rotatable bonds is 6. The highest BCUT2D eigenvalue weighted by atomic mass is 16.2. The summed E-state index contributed by atoms with van der Waals surface area (Å²) in [7, 11) is 1.53. The van der Waals surface area contributed by atoms with E-state index in [2.05, 4.69) is 10.2 Å². The van der Waals surface area contributed by atoms with E-state index in [0.29, 0.717) is 18.7 Å². The number of carbonyl (C=O) groups excluding carboxylic acids is 4. The van der Waals surface area contributed by atoms with Crippen molar-refractivity contribution in [3.05, 3.63) is 107 Å². The first-order valence-electron chi connectivity index (χ1n) is 12.3. The number of carbonyl (C=O) groups is 4. The van der Waals surface area contributed by atoms with Crippen LogP contribution in [0.4, 0.5) is 0 Å². The first-order chi connectivity index (χ1) is 18.0. The van der Waals surface area contributed by atoms with Crippen LogP contribution in [0.15, 0.2) is 84.9 Å². The van der Waals surface area contributed by atoms with Gasteiger partial charge in [0.05, 0.1) is 11.1 Å². The minimum atomic E-state index is -1.07. The molecule has 1 saturated heterocycles. The summed E-state index contributed by atoms with van der Waals surface area (Å²) in [5, 5.41) is 2.68. The van der Waals surface area contributed by atoms with Crippen molar-refractivity contribution in [2.24, 2.45) is 0 Å². The second-order valence-electron chi connectivity index (χ2n) is 9.22. The molecule has 2 aliphatic heterocycles. The largest absolute Gasteiger partial charge is 0.357 e. The maximum atomic E-state index is 14.2. The molecule has 0 spiro atoms. The molecule has 0 aromatic heterocycles. The molecule has 3 aromatic carbocycles. The number of imide groups is 1. The molecule has 1 unspecified atom stereocenters. The summed E-state index contributed by atoms with van der Waals surface area (Å²) >= 11 is 0. The molecular weight excluding hydrogens is 468 g/mol. The maximum absolute atomic E-state index is 14.2. The third-order valence-electron chi connectivity index (χ3n) is 6.96. The van der Waals surface area contributed by atoms with E-state index in [1.807, 2.05) is 48.5 Å². The van der Waals surface area contributed by atoms with Crippen molar-refractivity contribution in [1.82, 2.24) is 20.0 Å². The smallest absolute Gasteiger partial charge is 0.262 e. The number of nitrogens with zero attached hydrogens (tertiary/aromatic N) is 3.